The highest BCUT2D eigenvalue weighted by Gasteiger charge is 2.35. The third-order valence-corrected chi connectivity index (χ3v) is 4.94. The van der Waals surface area contributed by atoms with Gasteiger partial charge in [0.05, 0.1) is 0 Å². The van der Waals surface area contributed by atoms with Crippen molar-refractivity contribution >= 4 is 5.91 Å². The van der Waals surface area contributed by atoms with E-state index >= 15 is 0 Å². The maximum absolute atomic E-state index is 14.1. The fraction of sp³-hybridized carbons (Fsp3) is 0.588. The standard InChI is InChI=1S/C17H22F2N2O/c1-2-20-17(22)11-7-9-21(10-8-11)15-6-3-12-13(18)4-5-14(19)16(12)15/h4-5,11,15H,2-3,6-10H2,1H3,(H,20,22)/t15-/m1/s1. The summed E-state index contributed by atoms with van der Waals surface area (Å²) in [4.78, 5) is 14.1. The van der Waals surface area contributed by atoms with E-state index in [1.54, 1.807) is 0 Å². The zero-order chi connectivity index (χ0) is 15.7. The van der Waals surface area contributed by atoms with Gasteiger partial charge in [-0.05, 0) is 63.4 Å². The molecule has 0 spiro atoms. The Morgan fingerprint density at radius 1 is 1.23 bits per heavy atom. The van der Waals surface area contributed by atoms with Gasteiger partial charge < -0.3 is 5.32 Å². The molecule has 1 saturated heterocycles. The second-order valence-electron chi connectivity index (χ2n) is 6.18. The molecule has 2 aliphatic rings. The van der Waals surface area contributed by atoms with E-state index in [0.717, 1.165) is 32.4 Å². The van der Waals surface area contributed by atoms with E-state index in [9.17, 15) is 13.6 Å². The maximum Gasteiger partial charge on any atom is 0.223 e. The van der Waals surface area contributed by atoms with Crippen LogP contribution in [0, 0.1) is 17.6 Å². The number of rotatable bonds is 3. The quantitative estimate of drug-likeness (QED) is 0.931. The van der Waals surface area contributed by atoms with Gasteiger partial charge in [0.15, 0.2) is 0 Å². The van der Waals surface area contributed by atoms with E-state index < -0.39 is 0 Å². The number of amides is 1. The van der Waals surface area contributed by atoms with Gasteiger partial charge in [-0.25, -0.2) is 8.78 Å². The van der Waals surface area contributed by atoms with Crippen molar-refractivity contribution < 1.29 is 13.6 Å². The maximum atomic E-state index is 14.1. The van der Waals surface area contributed by atoms with Gasteiger partial charge in [0.25, 0.3) is 0 Å². The number of carbonyl (C=O) groups excluding carboxylic acids is 1. The SMILES string of the molecule is CCNC(=O)C1CCN([C@@H]2CCc3c(F)ccc(F)c32)CC1. The monoisotopic (exact) mass is 308 g/mol. The van der Waals surface area contributed by atoms with E-state index in [0.29, 0.717) is 24.1 Å². The van der Waals surface area contributed by atoms with E-state index in [2.05, 4.69) is 10.2 Å². The van der Waals surface area contributed by atoms with Crippen LogP contribution < -0.4 is 5.32 Å². The topological polar surface area (TPSA) is 32.3 Å². The molecule has 1 atom stereocenters. The molecule has 5 heteroatoms. The molecule has 1 amide bonds. The molecule has 120 valence electrons. The number of piperidine rings is 1. The van der Waals surface area contributed by atoms with Crippen molar-refractivity contribution in [3.8, 4) is 0 Å². The minimum atomic E-state index is -0.301. The van der Waals surface area contributed by atoms with E-state index in [4.69, 9.17) is 0 Å². The lowest BCUT2D eigenvalue weighted by Crippen LogP contribution is -2.41. The summed E-state index contributed by atoms with van der Waals surface area (Å²) < 4.78 is 27.9. The largest absolute Gasteiger partial charge is 0.356 e. The number of nitrogens with one attached hydrogen (secondary N) is 1. The molecule has 1 aliphatic carbocycles. The van der Waals surface area contributed by atoms with Gasteiger partial charge in [0, 0.05) is 24.1 Å². The molecular formula is C17H22F2N2O. The van der Waals surface area contributed by atoms with Crippen LogP contribution in [-0.2, 0) is 11.2 Å². The number of likely N-dealkylation sites (tertiary alicyclic amines) is 1. The molecule has 1 aromatic rings. The summed E-state index contributed by atoms with van der Waals surface area (Å²) in [5.41, 5.74) is 1.08. The number of fused-ring (bicyclic) bond motifs is 1. The number of hydrogen-bond acceptors (Lipinski definition) is 2. The predicted molar refractivity (Wildman–Crippen MR) is 80.4 cm³/mol. The van der Waals surface area contributed by atoms with Crippen LogP contribution in [-0.4, -0.2) is 30.4 Å². The van der Waals surface area contributed by atoms with Crippen molar-refractivity contribution in [2.24, 2.45) is 5.92 Å². The number of hydrogen-bond donors (Lipinski definition) is 1. The van der Waals surface area contributed by atoms with Gasteiger partial charge in [-0.3, -0.25) is 9.69 Å². The zero-order valence-electron chi connectivity index (χ0n) is 12.9. The van der Waals surface area contributed by atoms with Crippen molar-refractivity contribution in [3.63, 3.8) is 0 Å². The van der Waals surface area contributed by atoms with E-state index in [-0.39, 0.29) is 29.5 Å². The summed E-state index contributed by atoms with van der Waals surface area (Å²) in [6, 6.07) is 2.41. The molecule has 0 bridgehead atoms. The third-order valence-electron chi connectivity index (χ3n) is 4.94. The molecule has 3 rings (SSSR count). The second-order valence-corrected chi connectivity index (χ2v) is 6.18. The smallest absolute Gasteiger partial charge is 0.223 e. The Kier molecular flexibility index (Phi) is 4.43. The first-order valence-corrected chi connectivity index (χ1v) is 8.10. The van der Waals surface area contributed by atoms with Crippen LogP contribution in [0.1, 0.15) is 43.4 Å². The Morgan fingerprint density at radius 2 is 1.91 bits per heavy atom. The average Bonchev–Trinajstić information content (AvgIpc) is 2.98. The highest BCUT2D eigenvalue weighted by molar-refractivity contribution is 5.78. The normalized spacial score (nSPS) is 22.6. The Labute approximate surface area is 129 Å². The molecule has 0 aromatic heterocycles. The molecule has 1 aromatic carbocycles. The van der Waals surface area contributed by atoms with Crippen molar-refractivity contribution in [3.05, 3.63) is 34.9 Å². The zero-order valence-corrected chi connectivity index (χ0v) is 12.9. The highest BCUT2D eigenvalue weighted by Crippen LogP contribution is 2.40. The van der Waals surface area contributed by atoms with Gasteiger partial charge in [0.1, 0.15) is 11.6 Å². The highest BCUT2D eigenvalue weighted by atomic mass is 19.1. The summed E-state index contributed by atoms with van der Waals surface area (Å²) in [6.45, 7) is 4.10. The van der Waals surface area contributed by atoms with Crippen LogP contribution in [0.5, 0.6) is 0 Å². The van der Waals surface area contributed by atoms with Gasteiger partial charge >= 0.3 is 0 Å². The van der Waals surface area contributed by atoms with Crippen molar-refractivity contribution in [2.45, 2.75) is 38.6 Å². The van der Waals surface area contributed by atoms with Crippen LogP contribution in [0.2, 0.25) is 0 Å². The van der Waals surface area contributed by atoms with Gasteiger partial charge in [-0.1, -0.05) is 0 Å². The number of benzene rings is 1. The molecule has 3 nitrogen and oxygen atoms in total. The van der Waals surface area contributed by atoms with Crippen LogP contribution in [0.25, 0.3) is 0 Å². The minimum Gasteiger partial charge on any atom is -0.356 e. The second kappa shape index (κ2) is 6.32. The van der Waals surface area contributed by atoms with Crippen molar-refractivity contribution in [1.29, 1.82) is 0 Å². The first-order valence-electron chi connectivity index (χ1n) is 8.10. The molecule has 1 fully saturated rings. The molecule has 0 saturated carbocycles. The first kappa shape index (κ1) is 15.4. The van der Waals surface area contributed by atoms with Crippen LogP contribution in [0.15, 0.2) is 12.1 Å². The predicted octanol–water partition coefficient (Wildman–Crippen LogP) is 2.80. The summed E-state index contributed by atoms with van der Waals surface area (Å²) >= 11 is 0. The van der Waals surface area contributed by atoms with Gasteiger partial charge in [-0.15, -0.1) is 0 Å². The number of carbonyl (C=O) groups is 1. The minimum absolute atomic E-state index is 0.0408. The fourth-order valence-corrected chi connectivity index (χ4v) is 3.81. The first-order chi connectivity index (χ1) is 10.6. The number of nitrogens with zero attached hydrogens (tertiary/aromatic N) is 1. The van der Waals surface area contributed by atoms with Crippen molar-refractivity contribution in [2.75, 3.05) is 19.6 Å². The summed E-state index contributed by atoms with van der Waals surface area (Å²) in [5, 5.41) is 2.86. The molecule has 0 unspecified atom stereocenters. The Hall–Kier alpha value is -1.49. The molecular weight excluding hydrogens is 286 g/mol. The Morgan fingerprint density at radius 3 is 2.59 bits per heavy atom. The molecule has 22 heavy (non-hydrogen) atoms. The lowest BCUT2D eigenvalue weighted by atomic mass is 9.93. The van der Waals surface area contributed by atoms with Crippen LogP contribution in [0.3, 0.4) is 0 Å². The van der Waals surface area contributed by atoms with Gasteiger partial charge in [-0.2, -0.15) is 0 Å². The Bertz CT molecular complexity index is 568. The summed E-state index contributed by atoms with van der Waals surface area (Å²) in [7, 11) is 0. The van der Waals surface area contributed by atoms with Crippen LogP contribution in [0.4, 0.5) is 8.78 Å². The average molecular weight is 308 g/mol. The third kappa shape index (κ3) is 2.74. The fourth-order valence-electron chi connectivity index (χ4n) is 3.81. The van der Waals surface area contributed by atoms with E-state index in [1.165, 1.54) is 12.1 Å². The van der Waals surface area contributed by atoms with Crippen LogP contribution >= 0.6 is 0 Å². The van der Waals surface area contributed by atoms with Crippen molar-refractivity contribution in [1.82, 2.24) is 10.2 Å². The summed E-state index contributed by atoms with van der Waals surface area (Å²) in [5.74, 6) is -0.429. The van der Waals surface area contributed by atoms with E-state index in [1.807, 2.05) is 6.92 Å². The molecule has 0 radical (unpaired) electrons. The summed E-state index contributed by atoms with van der Waals surface area (Å²) in [6.07, 6.45) is 2.93. The number of halogens is 2. The lowest BCUT2D eigenvalue weighted by molar-refractivity contribution is -0.126. The molecule has 1 N–H and O–H groups in total. The molecule has 1 heterocycles. The molecule has 1 aliphatic heterocycles. The lowest BCUT2D eigenvalue weighted by Gasteiger charge is -2.36. The Balaban J connectivity index is 1.70. The van der Waals surface area contributed by atoms with Gasteiger partial charge in [0.2, 0.25) is 5.91 Å².